The van der Waals surface area contributed by atoms with E-state index in [1.165, 1.54) is 11.3 Å². The van der Waals surface area contributed by atoms with Crippen molar-refractivity contribution in [2.24, 2.45) is 0 Å². The van der Waals surface area contributed by atoms with Crippen LogP contribution in [0.15, 0.2) is 42.5 Å². The third-order valence-electron chi connectivity index (χ3n) is 2.95. The second-order valence-electron chi connectivity index (χ2n) is 4.54. The molecule has 0 radical (unpaired) electrons. The molecular weight excluding hydrogens is 244 g/mol. The van der Waals surface area contributed by atoms with Crippen LogP contribution in [0.25, 0.3) is 0 Å². The SMILES string of the molecule is Cc1ccc(N(C)Cc2cc(N)ccc2Cl)cc1. The quantitative estimate of drug-likeness (QED) is 0.849. The van der Waals surface area contributed by atoms with Crippen LogP contribution in [0.1, 0.15) is 11.1 Å². The van der Waals surface area contributed by atoms with E-state index in [9.17, 15) is 0 Å². The summed E-state index contributed by atoms with van der Waals surface area (Å²) in [6.07, 6.45) is 0. The minimum Gasteiger partial charge on any atom is -0.399 e. The molecule has 94 valence electrons. The smallest absolute Gasteiger partial charge is 0.0457 e. The number of hydrogen-bond acceptors (Lipinski definition) is 2. The number of hydrogen-bond donors (Lipinski definition) is 1. The van der Waals surface area contributed by atoms with E-state index in [1.807, 2.05) is 25.2 Å². The third-order valence-corrected chi connectivity index (χ3v) is 3.32. The second kappa shape index (κ2) is 5.32. The van der Waals surface area contributed by atoms with Crippen LogP contribution in [-0.4, -0.2) is 7.05 Å². The van der Waals surface area contributed by atoms with E-state index >= 15 is 0 Å². The van der Waals surface area contributed by atoms with Gasteiger partial charge >= 0.3 is 0 Å². The summed E-state index contributed by atoms with van der Waals surface area (Å²) in [5, 5.41) is 0.753. The molecule has 0 unspecified atom stereocenters. The van der Waals surface area contributed by atoms with Crippen LogP contribution >= 0.6 is 11.6 Å². The van der Waals surface area contributed by atoms with Crippen molar-refractivity contribution >= 4 is 23.0 Å². The van der Waals surface area contributed by atoms with E-state index in [-0.39, 0.29) is 0 Å². The number of aryl methyl sites for hydroxylation is 1. The summed E-state index contributed by atoms with van der Waals surface area (Å²) in [4.78, 5) is 2.15. The Bertz CT molecular complexity index is 535. The van der Waals surface area contributed by atoms with E-state index < -0.39 is 0 Å². The molecule has 2 nitrogen and oxygen atoms in total. The zero-order valence-corrected chi connectivity index (χ0v) is 11.4. The maximum absolute atomic E-state index is 6.17. The van der Waals surface area contributed by atoms with E-state index in [1.54, 1.807) is 0 Å². The number of halogens is 1. The van der Waals surface area contributed by atoms with Gasteiger partial charge in [-0.05, 0) is 42.8 Å². The van der Waals surface area contributed by atoms with Crippen molar-refractivity contribution in [2.45, 2.75) is 13.5 Å². The maximum atomic E-state index is 6.17. The largest absolute Gasteiger partial charge is 0.399 e. The number of benzene rings is 2. The molecule has 0 aliphatic heterocycles. The topological polar surface area (TPSA) is 29.3 Å². The van der Waals surface area contributed by atoms with Crippen molar-refractivity contribution in [1.29, 1.82) is 0 Å². The van der Waals surface area contributed by atoms with Crippen LogP contribution in [0.5, 0.6) is 0 Å². The highest BCUT2D eigenvalue weighted by Crippen LogP contribution is 2.23. The summed E-state index contributed by atoms with van der Waals surface area (Å²) in [5.74, 6) is 0. The number of rotatable bonds is 3. The van der Waals surface area contributed by atoms with E-state index in [2.05, 4.69) is 36.1 Å². The molecule has 2 rings (SSSR count). The first-order valence-electron chi connectivity index (χ1n) is 5.88. The molecular formula is C15H17ClN2. The van der Waals surface area contributed by atoms with E-state index in [4.69, 9.17) is 17.3 Å². The highest BCUT2D eigenvalue weighted by molar-refractivity contribution is 6.31. The summed E-state index contributed by atoms with van der Waals surface area (Å²) in [7, 11) is 2.05. The molecule has 0 fully saturated rings. The Morgan fingerprint density at radius 1 is 1.11 bits per heavy atom. The van der Waals surface area contributed by atoms with Gasteiger partial charge in [0.1, 0.15) is 0 Å². The average molecular weight is 261 g/mol. The van der Waals surface area contributed by atoms with Gasteiger partial charge in [-0.1, -0.05) is 29.3 Å². The summed E-state index contributed by atoms with van der Waals surface area (Å²) in [6, 6.07) is 14.0. The fraction of sp³-hybridized carbons (Fsp3) is 0.200. The Hall–Kier alpha value is -1.67. The lowest BCUT2D eigenvalue weighted by atomic mass is 10.1. The van der Waals surface area contributed by atoms with Gasteiger partial charge < -0.3 is 10.6 Å². The summed E-state index contributed by atoms with van der Waals surface area (Å²) in [6.45, 7) is 2.82. The lowest BCUT2D eigenvalue weighted by molar-refractivity contribution is 0.923. The molecule has 0 atom stereocenters. The molecule has 0 aliphatic carbocycles. The molecule has 0 amide bonds. The maximum Gasteiger partial charge on any atom is 0.0457 e. The summed E-state index contributed by atoms with van der Waals surface area (Å²) < 4.78 is 0. The van der Waals surface area contributed by atoms with Crippen molar-refractivity contribution in [2.75, 3.05) is 17.7 Å². The Morgan fingerprint density at radius 2 is 1.78 bits per heavy atom. The van der Waals surface area contributed by atoms with Gasteiger partial charge in [0.25, 0.3) is 0 Å². The minimum atomic E-state index is 0.742. The highest BCUT2D eigenvalue weighted by Gasteiger charge is 2.06. The van der Waals surface area contributed by atoms with Gasteiger partial charge in [0, 0.05) is 30.0 Å². The van der Waals surface area contributed by atoms with Gasteiger partial charge in [-0.2, -0.15) is 0 Å². The molecule has 2 aromatic carbocycles. The molecule has 0 aliphatic rings. The first-order valence-corrected chi connectivity index (χ1v) is 6.26. The molecule has 0 saturated carbocycles. The van der Waals surface area contributed by atoms with Crippen molar-refractivity contribution in [3.8, 4) is 0 Å². The Labute approximate surface area is 113 Å². The molecule has 18 heavy (non-hydrogen) atoms. The van der Waals surface area contributed by atoms with Gasteiger partial charge in [0.2, 0.25) is 0 Å². The van der Waals surface area contributed by atoms with E-state index in [0.29, 0.717) is 0 Å². The lowest BCUT2D eigenvalue weighted by Crippen LogP contribution is -2.16. The van der Waals surface area contributed by atoms with Crippen LogP contribution < -0.4 is 10.6 Å². The lowest BCUT2D eigenvalue weighted by Gasteiger charge is -2.20. The predicted octanol–water partition coefficient (Wildman–Crippen LogP) is 3.87. The minimum absolute atomic E-state index is 0.742. The van der Waals surface area contributed by atoms with Crippen molar-refractivity contribution < 1.29 is 0 Å². The standard InChI is InChI=1S/C15H17ClN2/c1-11-3-6-14(7-4-11)18(2)10-12-9-13(17)5-8-15(12)16/h3-9H,10,17H2,1-2H3. The third kappa shape index (κ3) is 2.96. The zero-order valence-electron chi connectivity index (χ0n) is 10.7. The fourth-order valence-corrected chi connectivity index (χ4v) is 2.04. The van der Waals surface area contributed by atoms with Crippen LogP contribution in [0, 0.1) is 6.92 Å². The first kappa shape index (κ1) is 12.8. The Balaban J connectivity index is 2.18. The molecule has 0 heterocycles. The number of nitrogens with zero attached hydrogens (tertiary/aromatic N) is 1. The summed E-state index contributed by atoms with van der Waals surface area (Å²) in [5.41, 5.74) is 9.99. The van der Waals surface area contributed by atoms with Crippen molar-refractivity contribution in [3.63, 3.8) is 0 Å². The summed E-state index contributed by atoms with van der Waals surface area (Å²) >= 11 is 6.17. The predicted molar refractivity (Wildman–Crippen MR) is 79.2 cm³/mol. The average Bonchev–Trinajstić information content (AvgIpc) is 2.34. The number of nitrogen functional groups attached to an aromatic ring is 1. The zero-order chi connectivity index (χ0) is 13.1. The molecule has 0 bridgehead atoms. The van der Waals surface area contributed by atoms with Gasteiger partial charge in [-0.3, -0.25) is 0 Å². The van der Waals surface area contributed by atoms with Crippen LogP contribution in [-0.2, 0) is 6.54 Å². The normalized spacial score (nSPS) is 10.4. The van der Waals surface area contributed by atoms with Crippen molar-refractivity contribution in [1.82, 2.24) is 0 Å². The monoisotopic (exact) mass is 260 g/mol. The molecule has 0 aromatic heterocycles. The van der Waals surface area contributed by atoms with Crippen LogP contribution in [0.4, 0.5) is 11.4 Å². The fourth-order valence-electron chi connectivity index (χ4n) is 1.86. The first-order chi connectivity index (χ1) is 8.56. The Morgan fingerprint density at radius 3 is 2.44 bits per heavy atom. The van der Waals surface area contributed by atoms with Crippen molar-refractivity contribution in [3.05, 3.63) is 58.6 Å². The van der Waals surface area contributed by atoms with Gasteiger partial charge in [-0.25, -0.2) is 0 Å². The molecule has 3 heteroatoms. The highest BCUT2D eigenvalue weighted by atomic mass is 35.5. The molecule has 2 aromatic rings. The molecule has 0 spiro atoms. The number of anilines is 2. The van der Waals surface area contributed by atoms with E-state index in [0.717, 1.165) is 22.8 Å². The van der Waals surface area contributed by atoms with Gasteiger partial charge in [-0.15, -0.1) is 0 Å². The van der Waals surface area contributed by atoms with Crippen LogP contribution in [0.3, 0.4) is 0 Å². The molecule has 0 saturated heterocycles. The van der Waals surface area contributed by atoms with Gasteiger partial charge in [0.15, 0.2) is 0 Å². The van der Waals surface area contributed by atoms with Crippen LogP contribution in [0.2, 0.25) is 5.02 Å². The van der Waals surface area contributed by atoms with Gasteiger partial charge in [0.05, 0.1) is 0 Å². The second-order valence-corrected chi connectivity index (χ2v) is 4.95. The molecule has 2 N–H and O–H groups in total. The Kier molecular flexibility index (Phi) is 3.78. The number of nitrogens with two attached hydrogens (primary N) is 1.